The molecule has 0 aliphatic rings. The minimum absolute atomic E-state index is 0.0112. The van der Waals surface area contributed by atoms with Crippen molar-refractivity contribution < 1.29 is 19.1 Å². The smallest absolute Gasteiger partial charge is 0.306 e. The van der Waals surface area contributed by atoms with Gasteiger partial charge in [-0.2, -0.15) is 0 Å². The molecule has 2 unspecified atom stereocenters. The number of hydrogen-bond donors (Lipinski definition) is 0. The van der Waals surface area contributed by atoms with Crippen LogP contribution in [0.3, 0.4) is 0 Å². The Morgan fingerprint density at radius 1 is 0.500 bits per heavy atom. The number of carbonyl (C=O) groups excluding carboxylic acids is 2. The number of carbonyl (C=O) groups is 2. The van der Waals surface area contributed by atoms with Crippen molar-refractivity contribution in [1.82, 2.24) is 0 Å². The van der Waals surface area contributed by atoms with Crippen molar-refractivity contribution >= 4 is 11.9 Å². The molecule has 0 aliphatic heterocycles. The van der Waals surface area contributed by atoms with Gasteiger partial charge in [-0.1, -0.05) is 66.2 Å². The molecule has 178 valence electrons. The van der Waals surface area contributed by atoms with E-state index in [2.05, 4.69) is 27.7 Å². The fourth-order valence-electron chi connectivity index (χ4n) is 3.55. The summed E-state index contributed by atoms with van der Waals surface area (Å²) in [6.07, 6.45) is 13.7. The monoisotopic (exact) mass is 426 g/mol. The van der Waals surface area contributed by atoms with Crippen LogP contribution in [-0.2, 0) is 19.1 Å². The van der Waals surface area contributed by atoms with E-state index >= 15 is 0 Å². The van der Waals surface area contributed by atoms with Crippen LogP contribution in [0.5, 0.6) is 0 Å². The molecule has 0 aromatic heterocycles. The Hall–Kier alpha value is -1.06. The van der Waals surface area contributed by atoms with Crippen LogP contribution in [0.25, 0.3) is 0 Å². The van der Waals surface area contributed by atoms with Crippen LogP contribution in [0, 0.1) is 11.8 Å². The zero-order valence-electron chi connectivity index (χ0n) is 20.8. The molecular formula is C26H50O4. The summed E-state index contributed by atoms with van der Waals surface area (Å²) < 4.78 is 10.9. The first-order valence-corrected chi connectivity index (χ1v) is 12.6. The Kier molecular flexibility index (Phi) is 18.0. The maximum Gasteiger partial charge on any atom is 0.306 e. The molecular weight excluding hydrogens is 376 g/mol. The van der Waals surface area contributed by atoms with Gasteiger partial charge in [0.15, 0.2) is 0 Å². The summed E-state index contributed by atoms with van der Waals surface area (Å²) in [6.45, 7) is 13.0. The highest BCUT2D eigenvalue weighted by molar-refractivity contribution is 5.70. The summed E-state index contributed by atoms with van der Waals surface area (Å²) in [7, 11) is 0. The largest absolute Gasteiger partial charge is 0.463 e. The van der Waals surface area contributed by atoms with Crippen LogP contribution in [-0.4, -0.2) is 24.1 Å². The van der Waals surface area contributed by atoms with Crippen molar-refractivity contribution in [3.8, 4) is 0 Å². The van der Waals surface area contributed by atoms with Gasteiger partial charge in [-0.25, -0.2) is 0 Å². The third-order valence-electron chi connectivity index (χ3n) is 5.46. The van der Waals surface area contributed by atoms with E-state index in [1.807, 2.05) is 13.8 Å². The summed E-state index contributed by atoms with van der Waals surface area (Å²) in [5.41, 5.74) is 0. The molecule has 2 atom stereocenters. The second-order valence-electron chi connectivity index (χ2n) is 9.87. The third-order valence-corrected chi connectivity index (χ3v) is 5.46. The van der Waals surface area contributed by atoms with E-state index in [0.717, 1.165) is 37.5 Å². The average molecular weight is 427 g/mol. The zero-order valence-corrected chi connectivity index (χ0v) is 20.8. The lowest BCUT2D eigenvalue weighted by Gasteiger charge is -2.14. The van der Waals surface area contributed by atoms with E-state index in [1.54, 1.807) is 0 Å². The molecule has 0 saturated carbocycles. The van der Waals surface area contributed by atoms with Crippen LogP contribution in [0.4, 0.5) is 0 Å². The lowest BCUT2D eigenvalue weighted by atomic mass is 10.0. The maximum absolute atomic E-state index is 11.9. The predicted octanol–water partition coefficient (Wildman–Crippen LogP) is 7.62. The molecule has 0 aliphatic carbocycles. The topological polar surface area (TPSA) is 52.6 Å². The maximum atomic E-state index is 11.9. The first-order chi connectivity index (χ1) is 14.2. The van der Waals surface area contributed by atoms with Crippen molar-refractivity contribution in [3.63, 3.8) is 0 Å². The fraction of sp³-hybridized carbons (Fsp3) is 0.923. The summed E-state index contributed by atoms with van der Waals surface area (Å²) in [5, 5.41) is 0. The number of unbranched alkanes of at least 4 members (excludes halogenated alkanes) is 5. The molecule has 0 radical (unpaired) electrons. The normalized spacial score (nSPS) is 13.5. The molecule has 0 rings (SSSR count). The SMILES string of the molecule is CC(C)CCCCCC(C)OC(=O)CCCCC(=O)OC(C)CCCCCC(C)C. The average Bonchev–Trinajstić information content (AvgIpc) is 2.64. The molecule has 0 aromatic rings. The highest BCUT2D eigenvalue weighted by Crippen LogP contribution is 2.14. The van der Waals surface area contributed by atoms with Gasteiger partial charge < -0.3 is 9.47 Å². The van der Waals surface area contributed by atoms with E-state index in [9.17, 15) is 9.59 Å². The van der Waals surface area contributed by atoms with E-state index in [4.69, 9.17) is 9.47 Å². The molecule has 0 aromatic carbocycles. The number of rotatable bonds is 19. The third kappa shape index (κ3) is 20.2. The number of ether oxygens (including phenoxy) is 2. The molecule has 0 N–H and O–H groups in total. The van der Waals surface area contributed by atoms with Gasteiger partial charge in [-0.3, -0.25) is 9.59 Å². The predicted molar refractivity (Wildman–Crippen MR) is 125 cm³/mol. The molecule has 0 spiro atoms. The minimum atomic E-state index is -0.146. The van der Waals surface area contributed by atoms with E-state index in [0.29, 0.717) is 25.7 Å². The quantitative estimate of drug-likeness (QED) is 0.157. The summed E-state index contributed by atoms with van der Waals surface area (Å²) >= 11 is 0. The fourth-order valence-corrected chi connectivity index (χ4v) is 3.55. The number of esters is 2. The van der Waals surface area contributed by atoms with Gasteiger partial charge in [0.2, 0.25) is 0 Å². The second kappa shape index (κ2) is 18.7. The van der Waals surface area contributed by atoms with Gasteiger partial charge in [0, 0.05) is 12.8 Å². The Balaban J connectivity index is 3.63. The summed E-state index contributed by atoms with van der Waals surface area (Å²) in [6, 6.07) is 0. The van der Waals surface area contributed by atoms with E-state index < -0.39 is 0 Å². The van der Waals surface area contributed by atoms with Crippen LogP contribution < -0.4 is 0 Å². The van der Waals surface area contributed by atoms with Gasteiger partial charge in [0.25, 0.3) is 0 Å². The lowest BCUT2D eigenvalue weighted by molar-refractivity contribution is -0.151. The lowest BCUT2D eigenvalue weighted by Crippen LogP contribution is -2.16. The Labute approximate surface area is 186 Å². The van der Waals surface area contributed by atoms with Gasteiger partial charge in [0.1, 0.15) is 0 Å². The van der Waals surface area contributed by atoms with Crippen molar-refractivity contribution in [2.75, 3.05) is 0 Å². The van der Waals surface area contributed by atoms with Gasteiger partial charge >= 0.3 is 11.9 Å². The van der Waals surface area contributed by atoms with Gasteiger partial charge in [-0.05, 0) is 64.2 Å². The zero-order chi connectivity index (χ0) is 22.8. The van der Waals surface area contributed by atoms with Crippen LogP contribution in [0.15, 0.2) is 0 Å². The molecule has 0 saturated heterocycles. The highest BCUT2D eigenvalue weighted by Gasteiger charge is 2.12. The summed E-state index contributed by atoms with van der Waals surface area (Å²) in [4.78, 5) is 23.9. The molecule has 0 fully saturated rings. The van der Waals surface area contributed by atoms with E-state index in [1.165, 1.54) is 38.5 Å². The van der Waals surface area contributed by atoms with Crippen LogP contribution >= 0.6 is 0 Å². The van der Waals surface area contributed by atoms with Crippen LogP contribution in [0.1, 0.15) is 131 Å². The first kappa shape index (κ1) is 28.9. The summed E-state index contributed by atoms with van der Waals surface area (Å²) in [5.74, 6) is 1.24. The molecule has 4 heteroatoms. The molecule has 0 amide bonds. The molecule has 0 bridgehead atoms. The standard InChI is InChI=1S/C26H50O4/c1-21(2)15-9-7-11-17-23(5)29-25(27)19-13-14-20-26(28)30-24(6)18-12-8-10-16-22(3)4/h21-24H,7-20H2,1-6H3. The van der Waals surface area contributed by atoms with Gasteiger partial charge in [-0.15, -0.1) is 0 Å². The minimum Gasteiger partial charge on any atom is -0.463 e. The second-order valence-corrected chi connectivity index (χ2v) is 9.87. The number of hydrogen-bond acceptors (Lipinski definition) is 4. The molecule has 4 nitrogen and oxygen atoms in total. The first-order valence-electron chi connectivity index (χ1n) is 12.6. The molecule has 0 heterocycles. The van der Waals surface area contributed by atoms with E-state index in [-0.39, 0.29) is 24.1 Å². The highest BCUT2D eigenvalue weighted by atomic mass is 16.5. The van der Waals surface area contributed by atoms with Crippen molar-refractivity contribution in [1.29, 1.82) is 0 Å². The van der Waals surface area contributed by atoms with Crippen molar-refractivity contribution in [2.45, 2.75) is 144 Å². The molecule has 30 heavy (non-hydrogen) atoms. The Morgan fingerprint density at radius 3 is 1.17 bits per heavy atom. The van der Waals surface area contributed by atoms with Crippen LogP contribution in [0.2, 0.25) is 0 Å². The van der Waals surface area contributed by atoms with Crippen molar-refractivity contribution in [3.05, 3.63) is 0 Å². The van der Waals surface area contributed by atoms with Gasteiger partial charge in [0.05, 0.1) is 12.2 Å². The Bertz CT molecular complexity index is 391. The Morgan fingerprint density at radius 2 is 0.833 bits per heavy atom. The van der Waals surface area contributed by atoms with Crippen molar-refractivity contribution in [2.24, 2.45) is 11.8 Å².